The van der Waals surface area contributed by atoms with Gasteiger partial charge in [0.25, 0.3) is 0 Å². The van der Waals surface area contributed by atoms with E-state index in [1.807, 2.05) is 29.6 Å². The Kier molecular flexibility index (Phi) is 7.88. The van der Waals surface area contributed by atoms with Gasteiger partial charge in [0.15, 0.2) is 0 Å². The Balaban J connectivity index is 0.000000366. The lowest BCUT2D eigenvalue weighted by molar-refractivity contribution is -0.193. The number of nitrogens with zero attached hydrogens (tertiary/aromatic N) is 1. The molecule has 0 bridgehead atoms. The lowest BCUT2D eigenvalue weighted by Crippen LogP contribution is -2.21. The molecule has 1 aromatic heterocycles. The SMILES string of the molecule is N#Cc1csc2ccccc12.O=C(O)C(F)(F)F.O=C(O)C(F)(F)F. The van der Waals surface area contributed by atoms with E-state index in [1.165, 1.54) is 4.70 Å². The molecule has 1 aromatic carbocycles. The summed E-state index contributed by atoms with van der Waals surface area (Å²) in [4.78, 5) is 17.8. The third kappa shape index (κ3) is 8.02. The molecule has 1 heterocycles. The van der Waals surface area contributed by atoms with Gasteiger partial charge in [0.1, 0.15) is 6.07 Å². The van der Waals surface area contributed by atoms with Gasteiger partial charge in [-0.25, -0.2) is 9.59 Å². The third-order valence-electron chi connectivity index (χ3n) is 2.09. The number of thiophene rings is 1. The quantitative estimate of drug-likeness (QED) is 0.665. The Bertz CT molecular complexity index is 751. The second kappa shape index (κ2) is 8.88. The van der Waals surface area contributed by atoms with Gasteiger partial charge in [0.05, 0.1) is 5.56 Å². The van der Waals surface area contributed by atoms with E-state index in [4.69, 9.17) is 25.1 Å². The number of nitriles is 1. The van der Waals surface area contributed by atoms with E-state index in [2.05, 4.69) is 6.07 Å². The maximum absolute atomic E-state index is 10.6. The molecule has 136 valence electrons. The molecule has 25 heavy (non-hydrogen) atoms. The monoisotopic (exact) mass is 387 g/mol. The van der Waals surface area contributed by atoms with Gasteiger partial charge in [-0.2, -0.15) is 31.6 Å². The van der Waals surface area contributed by atoms with Crippen molar-refractivity contribution in [3.63, 3.8) is 0 Å². The summed E-state index contributed by atoms with van der Waals surface area (Å²) in [7, 11) is 0. The molecule has 2 aromatic rings. The number of benzene rings is 1. The molecule has 0 atom stereocenters. The van der Waals surface area contributed by atoms with E-state index >= 15 is 0 Å². The summed E-state index contributed by atoms with van der Waals surface area (Å²) in [6.07, 6.45) is -10.2. The van der Waals surface area contributed by atoms with Crippen LogP contribution in [0, 0.1) is 11.3 Å². The van der Waals surface area contributed by atoms with Crippen LogP contribution in [-0.4, -0.2) is 34.5 Å². The summed E-state index contributed by atoms with van der Waals surface area (Å²) in [6.45, 7) is 0. The Morgan fingerprint density at radius 1 is 0.960 bits per heavy atom. The molecule has 0 radical (unpaired) electrons. The van der Waals surface area contributed by atoms with Crippen molar-refractivity contribution in [2.75, 3.05) is 0 Å². The van der Waals surface area contributed by atoms with Crippen LogP contribution in [0.2, 0.25) is 0 Å². The molecule has 0 aliphatic carbocycles. The number of hydrogen-bond donors (Lipinski definition) is 2. The highest BCUT2D eigenvalue weighted by Crippen LogP contribution is 2.24. The lowest BCUT2D eigenvalue weighted by atomic mass is 10.2. The predicted molar refractivity (Wildman–Crippen MR) is 73.9 cm³/mol. The molecular weight excluding hydrogens is 380 g/mol. The van der Waals surface area contributed by atoms with E-state index in [9.17, 15) is 26.3 Å². The summed E-state index contributed by atoms with van der Waals surface area (Å²) in [5, 5.41) is 25.9. The molecular formula is C13H7F6NO4S. The molecule has 5 nitrogen and oxygen atoms in total. The number of halogens is 6. The second-order valence-corrected chi connectivity index (χ2v) is 4.77. The van der Waals surface area contributed by atoms with E-state index in [-0.39, 0.29) is 0 Å². The number of carboxylic acid groups (broad SMARTS) is 2. The first kappa shape index (κ1) is 22.2. The standard InChI is InChI=1S/C9H5NS.2C2HF3O2/c10-5-7-6-11-9-4-2-1-3-8(7)9;2*3-2(4,5)1(6)7/h1-4,6H;2*(H,6,7). The Morgan fingerprint density at radius 2 is 1.36 bits per heavy atom. The Labute approximate surface area is 139 Å². The van der Waals surface area contributed by atoms with Crippen molar-refractivity contribution >= 4 is 33.4 Å². The second-order valence-electron chi connectivity index (χ2n) is 3.86. The molecule has 12 heteroatoms. The fraction of sp³-hybridized carbons (Fsp3) is 0.154. The van der Waals surface area contributed by atoms with Crippen LogP contribution in [0.3, 0.4) is 0 Å². The lowest BCUT2D eigenvalue weighted by Gasteiger charge is -1.93. The van der Waals surface area contributed by atoms with Gasteiger partial charge in [0.2, 0.25) is 0 Å². The van der Waals surface area contributed by atoms with E-state index < -0.39 is 24.3 Å². The van der Waals surface area contributed by atoms with Crippen LogP contribution in [0.5, 0.6) is 0 Å². The van der Waals surface area contributed by atoms with Gasteiger partial charge in [-0.3, -0.25) is 0 Å². The van der Waals surface area contributed by atoms with E-state index in [0.29, 0.717) is 0 Å². The normalized spacial score (nSPS) is 10.6. The number of carbonyl (C=O) groups is 2. The number of alkyl halides is 6. The minimum Gasteiger partial charge on any atom is -0.475 e. The van der Waals surface area contributed by atoms with E-state index in [0.717, 1.165) is 10.9 Å². The summed E-state index contributed by atoms with van der Waals surface area (Å²) >= 11 is 1.62. The average molecular weight is 387 g/mol. The highest BCUT2D eigenvalue weighted by molar-refractivity contribution is 7.17. The number of carboxylic acids is 2. The van der Waals surface area contributed by atoms with Crippen LogP contribution in [0.1, 0.15) is 5.56 Å². The topological polar surface area (TPSA) is 98.4 Å². The van der Waals surface area contributed by atoms with Crippen molar-refractivity contribution < 1.29 is 46.1 Å². The summed E-state index contributed by atoms with van der Waals surface area (Å²) < 4.78 is 64.7. The summed E-state index contributed by atoms with van der Waals surface area (Å²) in [5.41, 5.74) is 0.783. The van der Waals surface area contributed by atoms with Gasteiger partial charge in [0, 0.05) is 15.5 Å². The van der Waals surface area contributed by atoms with Crippen LogP contribution < -0.4 is 0 Å². The highest BCUT2D eigenvalue weighted by Gasteiger charge is 2.38. The minimum absolute atomic E-state index is 0.783. The van der Waals surface area contributed by atoms with Crippen molar-refractivity contribution in [3.8, 4) is 6.07 Å². The molecule has 0 spiro atoms. The average Bonchev–Trinajstić information content (AvgIpc) is 2.89. The first-order valence-electron chi connectivity index (χ1n) is 5.77. The number of aliphatic carboxylic acids is 2. The number of fused-ring (bicyclic) bond motifs is 1. The smallest absolute Gasteiger partial charge is 0.475 e. The zero-order valence-electron chi connectivity index (χ0n) is 11.7. The molecule has 0 fully saturated rings. The Morgan fingerprint density at radius 3 is 1.72 bits per heavy atom. The fourth-order valence-corrected chi connectivity index (χ4v) is 1.95. The van der Waals surface area contributed by atoms with Crippen molar-refractivity contribution in [2.45, 2.75) is 12.4 Å². The molecule has 0 unspecified atom stereocenters. The van der Waals surface area contributed by atoms with Gasteiger partial charge >= 0.3 is 24.3 Å². The first-order chi connectivity index (χ1) is 11.3. The van der Waals surface area contributed by atoms with Crippen molar-refractivity contribution in [2.24, 2.45) is 0 Å². The number of hydrogen-bond acceptors (Lipinski definition) is 4. The van der Waals surface area contributed by atoms with Crippen LogP contribution in [0.15, 0.2) is 29.6 Å². The van der Waals surface area contributed by atoms with Crippen LogP contribution in [-0.2, 0) is 9.59 Å². The van der Waals surface area contributed by atoms with Crippen molar-refractivity contribution in [1.29, 1.82) is 5.26 Å². The van der Waals surface area contributed by atoms with Crippen molar-refractivity contribution in [3.05, 3.63) is 35.2 Å². The highest BCUT2D eigenvalue weighted by atomic mass is 32.1. The molecule has 0 saturated heterocycles. The van der Waals surface area contributed by atoms with Gasteiger partial charge in [-0.15, -0.1) is 11.3 Å². The number of rotatable bonds is 0. The molecule has 2 N–H and O–H groups in total. The first-order valence-corrected chi connectivity index (χ1v) is 6.65. The summed E-state index contributed by atoms with van der Waals surface area (Å²) in [5.74, 6) is -5.51. The molecule has 2 rings (SSSR count). The zero-order chi connectivity index (χ0) is 19.8. The zero-order valence-corrected chi connectivity index (χ0v) is 12.5. The minimum atomic E-state index is -5.08. The van der Waals surface area contributed by atoms with Crippen molar-refractivity contribution in [1.82, 2.24) is 0 Å². The van der Waals surface area contributed by atoms with Crippen LogP contribution in [0.25, 0.3) is 10.1 Å². The van der Waals surface area contributed by atoms with Gasteiger partial charge in [-0.1, -0.05) is 18.2 Å². The maximum Gasteiger partial charge on any atom is 0.490 e. The fourth-order valence-electron chi connectivity index (χ4n) is 1.06. The third-order valence-corrected chi connectivity index (χ3v) is 3.05. The van der Waals surface area contributed by atoms with Gasteiger partial charge in [-0.05, 0) is 6.07 Å². The summed E-state index contributed by atoms with van der Waals surface area (Å²) in [6, 6.07) is 10.1. The van der Waals surface area contributed by atoms with E-state index in [1.54, 1.807) is 11.3 Å². The maximum atomic E-state index is 10.6. The molecule has 0 aliphatic heterocycles. The molecule has 0 amide bonds. The molecule has 0 aliphatic rings. The largest absolute Gasteiger partial charge is 0.490 e. The predicted octanol–water partition coefficient (Wildman–Crippen LogP) is 4.04. The molecule has 0 saturated carbocycles. The van der Waals surface area contributed by atoms with Crippen LogP contribution >= 0.6 is 11.3 Å². The van der Waals surface area contributed by atoms with Crippen LogP contribution in [0.4, 0.5) is 26.3 Å². The van der Waals surface area contributed by atoms with Gasteiger partial charge < -0.3 is 10.2 Å². The Hall–Kier alpha value is -2.81.